The summed E-state index contributed by atoms with van der Waals surface area (Å²) in [6.07, 6.45) is 2.17. The molecule has 5 heteroatoms. The molecule has 0 aliphatic carbocycles. The van der Waals surface area contributed by atoms with Crippen LogP contribution in [0.2, 0.25) is 0 Å². The number of aromatic carboxylic acids is 1. The highest BCUT2D eigenvalue weighted by Crippen LogP contribution is 2.14. The molecule has 0 saturated carbocycles. The van der Waals surface area contributed by atoms with Gasteiger partial charge in [-0.2, -0.15) is 5.10 Å². The molecule has 0 spiro atoms. The van der Waals surface area contributed by atoms with Gasteiger partial charge < -0.3 is 5.11 Å². The van der Waals surface area contributed by atoms with Crippen LogP contribution in [0.5, 0.6) is 0 Å². The third kappa shape index (κ3) is 3.06. The van der Waals surface area contributed by atoms with Crippen molar-refractivity contribution in [3.05, 3.63) is 17.5 Å². The fraction of sp³-hybridized carbons (Fsp3) is 0.636. The lowest BCUT2D eigenvalue weighted by molar-refractivity contribution is 0.0695. The van der Waals surface area contributed by atoms with Crippen molar-refractivity contribution in [1.82, 2.24) is 14.7 Å². The second-order valence-electron chi connectivity index (χ2n) is 4.63. The summed E-state index contributed by atoms with van der Waals surface area (Å²) < 4.78 is 1.75. The zero-order chi connectivity index (χ0) is 12.3. The second-order valence-corrected chi connectivity index (χ2v) is 4.63. The van der Waals surface area contributed by atoms with Gasteiger partial charge in [-0.3, -0.25) is 9.58 Å². The summed E-state index contributed by atoms with van der Waals surface area (Å²) in [6, 6.07) is 0. The van der Waals surface area contributed by atoms with Crippen molar-refractivity contribution in [3.8, 4) is 0 Å². The number of carboxylic acids is 1. The maximum atomic E-state index is 11.0. The molecular formula is C11H19N3O2. The van der Waals surface area contributed by atoms with Gasteiger partial charge in [0.2, 0.25) is 0 Å². The SMILES string of the molecule is CC(C)Cc1c(C(=O)O)cnn1CN(C)C. The first-order valence-corrected chi connectivity index (χ1v) is 5.34. The molecule has 1 rings (SSSR count). The minimum atomic E-state index is -0.902. The second kappa shape index (κ2) is 5.12. The molecule has 0 bridgehead atoms. The third-order valence-electron chi connectivity index (χ3n) is 2.20. The van der Waals surface area contributed by atoms with E-state index in [1.807, 2.05) is 19.0 Å². The summed E-state index contributed by atoms with van der Waals surface area (Å²) in [5, 5.41) is 13.2. The Bertz CT molecular complexity index is 369. The first-order chi connectivity index (χ1) is 7.41. The van der Waals surface area contributed by atoms with Gasteiger partial charge in [-0.1, -0.05) is 13.8 Å². The first kappa shape index (κ1) is 12.7. The molecule has 5 nitrogen and oxygen atoms in total. The molecule has 1 aromatic rings. The number of rotatable bonds is 5. The standard InChI is InChI=1S/C11H19N3O2/c1-8(2)5-10-9(11(15)16)6-12-14(10)7-13(3)4/h6,8H,5,7H2,1-4H3,(H,15,16). The fourth-order valence-electron chi connectivity index (χ4n) is 1.58. The van der Waals surface area contributed by atoms with Gasteiger partial charge in [0.1, 0.15) is 5.56 Å². The molecule has 16 heavy (non-hydrogen) atoms. The smallest absolute Gasteiger partial charge is 0.339 e. The molecule has 1 N–H and O–H groups in total. The topological polar surface area (TPSA) is 58.4 Å². The van der Waals surface area contributed by atoms with Crippen LogP contribution >= 0.6 is 0 Å². The van der Waals surface area contributed by atoms with Gasteiger partial charge in [-0.15, -0.1) is 0 Å². The lowest BCUT2D eigenvalue weighted by atomic mass is 10.1. The average Bonchev–Trinajstić information content (AvgIpc) is 2.47. The molecule has 1 heterocycles. The van der Waals surface area contributed by atoms with Crippen LogP contribution in [-0.2, 0) is 13.1 Å². The van der Waals surface area contributed by atoms with Crippen molar-refractivity contribution in [3.63, 3.8) is 0 Å². The van der Waals surface area contributed by atoms with E-state index in [0.29, 0.717) is 18.2 Å². The fourth-order valence-corrected chi connectivity index (χ4v) is 1.58. The van der Waals surface area contributed by atoms with Crippen LogP contribution in [-0.4, -0.2) is 39.9 Å². The molecule has 1 aromatic heterocycles. The van der Waals surface area contributed by atoms with Crippen molar-refractivity contribution >= 4 is 5.97 Å². The summed E-state index contributed by atoms with van der Waals surface area (Å²) in [5.41, 5.74) is 1.12. The summed E-state index contributed by atoms with van der Waals surface area (Å²) in [7, 11) is 3.86. The largest absolute Gasteiger partial charge is 0.478 e. The molecule has 0 atom stereocenters. The van der Waals surface area contributed by atoms with Crippen molar-refractivity contribution in [2.24, 2.45) is 5.92 Å². The highest BCUT2D eigenvalue weighted by atomic mass is 16.4. The zero-order valence-corrected chi connectivity index (χ0v) is 10.3. The van der Waals surface area contributed by atoms with Gasteiger partial charge in [-0.25, -0.2) is 4.79 Å². The normalized spacial score (nSPS) is 11.4. The van der Waals surface area contributed by atoms with Crippen LogP contribution < -0.4 is 0 Å². The van der Waals surface area contributed by atoms with Crippen LogP contribution in [0.15, 0.2) is 6.20 Å². The predicted molar refractivity (Wildman–Crippen MR) is 61.4 cm³/mol. The number of hydrogen-bond acceptors (Lipinski definition) is 3. The van der Waals surface area contributed by atoms with Crippen molar-refractivity contribution < 1.29 is 9.90 Å². The van der Waals surface area contributed by atoms with Crippen molar-refractivity contribution in [2.45, 2.75) is 26.9 Å². The van der Waals surface area contributed by atoms with E-state index in [4.69, 9.17) is 5.11 Å². The Balaban J connectivity index is 3.03. The lowest BCUT2D eigenvalue weighted by Gasteiger charge is -2.14. The van der Waals surface area contributed by atoms with E-state index >= 15 is 0 Å². The van der Waals surface area contributed by atoms with Gasteiger partial charge in [0.05, 0.1) is 18.6 Å². The zero-order valence-electron chi connectivity index (χ0n) is 10.3. The maximum absolute atomic E-state index is 11.0. The molecule has 0 amide bonds. The van der Waals surface area contributed by atoms with E-state index in [1.54, 1.807) is 4.68 Å². The quantitative estimate of drug-likeness (QED) is 0.820. The van der Waals surface area contributed by atoms with Crippen LogP contribution in [0.25, 0.3) is 0 Å². The predicted octanol–water partition coefficient (Wildman–Crippen LogP) is 1.30. The Kier molecular flexibility index (Phi) is 4.06. The summed E-state index contributed by atoms with van der Waals surface area (Å²) >= 11 is 0. The van der Waals surface area contributed by atoms with Gasteiger partial charge in [0.15, 0.2) is 0 Å². The third-order valence-corrected chi connectivity index (χ3v) is 2.20. The molecule has 0 aliphatic heterocycles. The van der Waals surface area contributed by atoms with Crippen molar-refractivity contribution in [2.75, 3.05) is 14.1 Å². The van der Waals surface area contributed by atoms with Gasteiger partial charge in [-0.05, 0) is 26.4 Å². The number of nitrogens with zero attached hydrogens (tertiary/aromatic N) is 3. The maximum Gasteiger partial charge on any atom is 0.339 e. The van der Waals surface area contributed by atoms with E-state index in [2.05, 4.69) is 18.9 Å². The molecule has 90 valence electrons. The minimum Gasteiger partial charge on any atom is -0.478 e. The van der Waals surface area contributed by atoms with E-state index < -0.39 is 5.97 Å². The van der Waals surface area contributed by atoms with E-state index in [9.17, 15) is 4.79 Å². The number of carboxylic acid groups (broad SMARTS) is 1. The highest BCUT2D eigenvalue weighted by Gasteiger charge is 2.17. The van der Waals surface area contributed by atoms with E-state index in [-0.39, 0.29) is 0 Å². The minimum absolute atomic E-state index is 0.315. The van der Waals surface area contributed by atoms with Crippen molar-refractivity contribution in [1.29, 1.82) is 0 Å². The Morgan fingerprint density at radius 2 is 2.19 bits per heavy atom. The molecule has 0 fully saturated rings. The summed E-state index contributed by atoms with van der Waals surface area (Å²) in [5.74, 6) is -0.489. The Morgan fingerprint density at radius 1 is 1.56 bits per heavy atom. The molecular weight excluding hydrogens is 206 g/mol. The molecule has 0 unspecified atom stereocenters. The van der Waals surface area contributed by atoms with Gasteiger partial charge in [0, 0.05) is 0 Å². The van der Waals surface area contributed by atoms with Gasteiger partial charge in [0.25, 0.3) is 0 Å². The lowest BCUT2D eigenvalue weighted by Crippen LogP contribution is -2.21. The van der Waals surface area contributed by atoms with E-state index in [0.717, 1.165) is 12.1 Å². The number of aromatic nitrogens is 2. The van der Waals surface area contributed by atoms with Crippen LogP contribution in [0, 0.1) is 5.92 Å². The van der Waals surface area contributed by atoms with Gasteiger partial charge >= 0.3 is 5.97 Å². The van der Waals surface area contributed by atoms with E-state index in [1.165, 1.54) is 6.20 Å². The first-order valence-electron chi connectivity index (χ1n) is 5.34. The molecule has 0 aromatic carbocycles. The van der Waals surface area contributed by atoms with Crippen LogP contribution in [0.1, 0.15) is 29.9 Å². The number of carbonyl (C=O) groups is 1. The molecule has 0 saturated heterocycles. The Morgan fingerprint density at radius 3 is 2.62 bits per heavy atom. The Hall–Kier alpha value is -1.36. The molecule has 0 radical (unpaired) electrons. The monoisotopic (exact) mass is 225 g/mol. The highest BCUT2D eigenvalue weighted by molar-refractivity contribution is 5.88. The van der Waals surface area contributed by atoms with Crippen LogP contribution in [0.3, 0.4) is 0 Å². The summed E-state index contributed by atoms with van der Waals surface area (Å²) in [6.45, 7) is 4.74. The summed E-state index contributed by atoms with van der Waals surface area (Å²) in [4.78, 5) is 13.0. The number of hydrogen-bond donors (Lipinski definition) is 1. The van der Waals surface area contributed by atoms with Crippen LogP contribution in [0.4, 0.5) is 0 Å². The molecule has 0 aliphatic rings. The average molecular weight is 225 g/mol. The Labute approximate surface area is 95.7 Å².